The van der Waals surface area contributed by atoms with Crippen LogP contribution in [0.25, 0.3) is 5.65 Å². The Bertz CT molecular complexity index is 582. The van der Waals surface area contributed by atoms with E-state index in [1.165, 1.54) is 12.8 Å². The van der Waals surface area contributed by atoms with Gasteiger partial charge in [0.05, 0.1) is 23.2 Å². The zero-order chi connectivity index (χ0) is 12.7. The van der Waals surface area contributed by atoms with Crippen molar-refractivity contribution in [2.24, 2.45) is 0 Å². The number of nitrogens with zero attached hydrogens (tertiary/aromatic N) is 3. The lowest BCUT2D eigenvalue weighted by molar-refractivity contribution is 0.204. The van der Waals surface area contributed by atoms with Gasteiger partial charge in [0.15, 0.2) is 11.4 Å². The zero-order valence-electron chi connectivity index (χ0n) is 11.2. The van der Waals surface area contributed by atoms with Gasteiger partial charge in [-0.1, -0.05) is 0 Å². The molecule has 0 aliphatic heterocycles. The van der Waals surface area contributed by atoms with Gasteiger partial charge in [0.2, 0.25) is 0 Å². The third-order valence-corrected chi connectivity index (χ3v) is 3.66. The van der Waals surface area contributed by atoms with Crippen molar-refractivity contribution in [3.05, 3.63) is 23.1 Å². The first-order valence-corrected chi connectivity index (χ1v) is 6.65. The van der Waals surface area contributed by atoms with Gasteiger partial charge in [0.1, 0.15) is 0 Å². The zero-order valence-corrected chi connectivity index (χ0v) is 11.2. The Kier molecular flexibility index (Phi) is 2.73. The first-order chi connectivity index (χ1) is 8.65. The highest BCUT2D eigenvalue weighted by atomic mass is 16.5. The Morgan fingerprint density at radius 3 is 2.67 bits per heavy atom. The minimum atomic E-state index is 0.360. The smallest absolute Gasteiger partial charge is 0.162 e. The van der Waals surface area contributed by atoms with Crippen LogP contribution in [0.1, 0.15) is 42.8 Å². The molecule has 0 saturated heterocycles. The summed E-state index contributed by atoms with van der Waals surface area (Å²) in [5.41, 5.74) is 3.91. The SMILES string of the molecule is Cc1cc2nc(C)c(OC3CCCC3)c(C)n2n1. The molecule has 2 heterocycles. The molecule has 2 aromatic rings. The van der Waals surface area contributed by atoms with Crippen molar-refractivity contribution in [1.29, 1.82) is 0 Å². The number of aryl methyl sites for hydroxylation is 3. The number of hydrogen-bond donors (Lipinski definition) is 0. The van der Waals surface area contributed by atoms with Crippen LogP contribution in [0, 0.1) is 20.8 Å². The minimum absolute atomic E-state index is 0.360. The normalized spacial score (nSPS) is 16.6. The lowest BCUT2D eigenvalue weighted by atomic mass is 10.2. The Balaban J connectivity index is 2.04. The van der Waals surface area contributed by atoms with E-state index >= 15 is 0 Å². The summed E-state index contributed by atoms with van der Waals surface area (Å²) in [4.78, 5) is 4.57. The largest absolute Gasteiger partial charge is 0.487 e. The lowest BCUT2D eigenvalue weighted by Crippen LogP contribution is -2.14. The van der Waals surface area contributed by atoms with Crippen molar-refractivity contribution in [1.82, 2.24) is 14.6 Å². The van der Waals surface area contributed by atoms with E-state index in [-0.39, 0.29) is 0 Å². The highest BCUT2D eigenvalue weighted by molar-refractivity contribution is 5.46. The summed E-state index contributed by atoms with van der Waals surface area (Å²) in [7, 11) is 0. The molecular weight excluding hydrogens is 226 g/mol. The second-order valence-corrected chi connectivity index (χ2v) is 5.19. The monoisotopic (exact) mass is 245 g/mol. The van der Waals surface area contributed by atoms with E-state index in [1.54, 1.807) is 0 Å². The molecule has 4 nitrogen and oxygen atoms in total. The van der Waals surface area contributed by atoms with Crippen molar-refractivity contribution in [3.8, 4) is 5.75 Å². The summed E-state index contributed by atoms with van der Waals surface area (Å²) < 4.78 is 8.01. The third-order valence-electron chi connectivity index (χ3n) is 3.66. The summed E-state index contributed by atoms with van der Waals surface area (Å²) in [6.07, 6.45) is 5.24. The van der Waals surface area contributed by atoms with Gasteiger partial charge >= 0.3 is 0 Å². The molecule has 1 fully saturated rings. The number of fused-ring (bicyclic) bond motifs is 1. The van der Waals surface area contributed by atoms with Crippen LogP contribution in [0.15, 0.2) is 6.07 Å². The average Bonchev–Trinajstić information content (AvgIpc) is 2.93. The average molecular weight is 245 g/mol. The fraction of sp³-hybridized carbons (Fsp3) is 0.571. The predicted octanol–water partition coefficient (Wildman–Crippen LogP) is 2.98. The van der Waals surface area contributed by atoms with Crippen LogP contribution in [0.3, 0.4) is 0 Å². The van der Waals surface area contributed by atoms with Crippen LogP contribution in [-0.4, -0.2) is 20.7 Å². The van der Waals surface area contributed by atoms with Crippen molar-refractivity contribution in [2.45, 2.75) is 52.6 Å². The third kappa shape index (κ3) is 1.85. The van der Waals surface area contributed by atoms with Gasteiger partial charge in [-0.25, -0.2) is 9.50 Å². The van der Waals surface area contributed by atoms with Crippen LogP contribution in [0.4, 0.5) is 0 Å². The quantitative estimate of drug-likeness (QED) is 0.816. The Labute approximate surface area is 107 Å². The molecule has 0 spiro atoms. The second-order valence-electron chi connectivity index (χ2n) is 5.19. The van der Waals surface area contributed by atoms with Crippen LogP contribution < -0.4 is 4.74 Å². The van der Waals surface area contributed by atoms with Crippen LogP contribution >= 0.6 is 0 Å². The van der Waals surface area contributed by atoms with E-state index < -0.39 is 0 Å². The van der Waals surface area contributed by atoms with Gasteiger partial charge in [0, 0.05) is 6.07 Å². The van der Waals surface area contributed by atoms with E-state index in [0.717, 1.165) is 41.3 Å². The molecule has 4 heteroatoms. The maximum atomic E-state index is 6.13. The lowest BCUT2D eigenvalue weighted by Gasteiger charge is -2.17. The highest BCUT2D eigenvalue weighted by Gasteiger charge is 2.20. The Hall–Kier alpha value is -1.58. The van der Waals surface area contributed by atoms with Crippen LogP contribution in [0.2, 0.25) is 0 Å². The molecule has 18 heavy (non-hydrogen) atoms. The van der Waals surface area contributed by atoms with Crippen LogP contribution in [0.5, 0.6) is 5.75 Å². The maximum Gasteiger partial charge on any atom is 0.162 e. The highest BCUT2D eigenvalue weighted by Crippen LogP contribution is 2.28. The molecule has 0 unspecified atom stereocenters. The van der Waals surface area contributed by atoms with E-state index in [9.17, 15) is 0 Å². The molecular formula is C14H19N3O. The van der Waals surface area contributed by atoms with E-state index in [0.29, 0.717) is 6.10 Å². The van der Waals surface area contributed by atoms with E-state index in [4.69, 9.17) is 4.74 Å². The molecule has 0 bridgehead atoms. The summed E-state index contributed by atoms with van der Waals surface area (Å²) in [6.45, 7) is 6.05. The number of aromatic nitrogens is 3. The first kappa shape index (κ1) is 11.5. The summed E-state index contributed by atoms with van der Waals surface area (Å²) in [6, 6.07) is 2.00. The maximum absolute atomic E-state index is 6.13. The molecule has 0 amide bonds. The Morgan fingerprint density at radius 2 is 1.94 bits per heavy atom. The second kappa shape index (κ2) is 4.26. The predicted molar refractivity (Wildman–Crippen MR) is 70.1 cm³/mol. The molecule has 1 saturated carbocycles. The van der Waals surface area contributed by atoms with Gasteiger partial charge in [-0.05, 0) is 46.5 Å². The van der Waals surface area contributed by atoms with Crippen LogP contribution in [-0.2, 0) is 0 Å². The Morgan fingerprint density at radius 1 is 1.22 bits per heavy atom. The molecule has 0 N–H and O–H groups in total. The topological polar surface area (TPSA) is 39.4 Å². The number of rotatable bonds is 2. The number of ether oxygens (including phenoxy) is 1. The van der Waals surface area contributed by atoms with Gasteiger partial charge in [-0.2, -0.15) is 5.10 Å². The molecule has 3 rings (SSSR count). The van der Waals surface area contributed by atoms with Gasteiger partial charge in [-0.15, -0.1) is 0 Å². The summed E-state index contributed by atoms with van der Waals surface area (Å²) in [5.74, 6) is 0.914. The van der Waals surface area contributed by atoms with Gasteiger partial charge < -0.3 is 4.74 Å². The molecule has 1 aliphatic carbocycles. The fourth-order valence-electron chi connectivity index (χ4n) is 2.74. The number of hydrogen-bond acceptors (Lipinski definition) is 3. The molecule has 2 aromatic heterocycles. The minimum Gasteiger partial charge on any atom is -0.487 e. The van der Waals surface area contributed by atoms with Crippen molar-refractivity contribution >= 4 is 5.65 Å². The van der Waals surface area contributed by atoms with Crippen molar-refractivity contribution in [3.63, 3.8) is 0 Å². The van der Waals surface area contributed by atoms with Gasteiger partial charge in [-0.3, -0.25) is 0 Å². The van der Waals surface area contributed by atoms with Gasteiger partial charge in [0.25, 0.3) is 0 Å². The molecule has 0 radical (unpaired) electrons. The first-order valence-electron chi connectivity index (χ1n) is 6.65. The summed E-state index contributed by atoms with van der Waals surface area (Å²) >= 11 is 0. The standard InChI is InChI=1S/C14H19N3O/c1-9-8-13-15-10(2)14(11(3)17(13)16-9)18-12-6-4-5-7-12/h8,12H,4-7H2,1-3H3. The molecule has 0 atom stereocenters. The van der Waals surface area contributed by atoms with Crippen molar-refractivity contribution in [2.75, 3.05) is 0 Å². The summed E-state index contributed by atoms with van der Waals surface area (Å²) in [5, 5.41) is 4.46. The molecule has 96 valence electrons. The van der Waals surface area contributed by atoms with E-state index in [1.807, 2.05) is 24.4 Å². The molecule has 1 aliphatic rings. The molecule has 0 aromatic carbocycles. The van der Waals surface area contributed by atoms with Crippen molar-refractivity contribution < 1.29 is 4.74 Å². The van der Waals surface area contributed by atoms with E-state index in [2.05, 4.69) is 17.0 Å². The fourth-order valence-corrected chi connectivity index (χ4v) is 2.74.